The molecule has 0 unspecified atom stereocenters. The largest absolute Gasteiger partial charge is 0.647 e. The second-order valence-corrected chi connectivity index (χ2v) is 12.7. The van der Waals surface area contributed by atoms with Gasteiger partial charge in [-0.1, -0.05) is 148 Å². The Balaban J connectivity index is 1.49. The first-order valence-electron chi connectivity index (χ1n) is 16.2. The molecule has 0 aromatic heterocycles. The molecule has 0 saturated carbocycles. The first-order chi connectivity index (χ1) is 23.0. The number of phosphoric ester groups is 1. The van der Waals surface area contributed by atoms with Crippen molar-refractivity contribution in [2.24, 2.45) is 0 Å². The third-order valence-electron chi connectivity index (χ3n) is 8.36. The van der Waals surface area contributed by atoms with E-state index < -0.39 is 7.82 Å². The summed E-state index contributed by atoms with van der Waals surface area (Å²) < 4.78 is 34.8. The Hall–Kier alpha value is -5.05. The van der Waals surface area contributed by atoms with Gasteiger partial charge in [0.2, 0.25) is 0 Å². The number of hydrogen-bond acceptors (Lipinski definition) is 4. The van der Waals surface area contributed by atoms with Crippen LogP contribution in [0.5, 0.6) is 17.2 Å². The van der Waals surface area contributed by atoms with Gasteiger partial charge in [0.1, 0.15) is 17.2 Å². The maximum atomic E-state index is 15.3. The van der Waals surface area contributed by atoms with Crippen molar-refractivity contribution in [1.29, 1.82) is 0 Å². The molecule has 0 amide bonds. The van der Waals surface area contributed by atoms with Gasteiger partial charge in [-0.15, -0.1) is 0 Å². The minimum Gasteiger partial charge on any atom is -0.385 e. The molecule has 4 nitrogen and oxygen atoms in total. The fourth-order valence-corrected chi connectivity index (χ4v) is 7.31. The predicted octanol–water partition coefficient (Wildman–Crippen LogP) is 12.0. The van der Waals surface area contributed by atoms with E-state index in [0.717, 1.165) is 69.3 Å². The number of aryl methyl sites for hydroxylation is 3. The number of hydrogen-bond donors (Lipinski definition) is 0. The van der Waals surface area contributed by atoms with E-state index in [2.05, 4.69) is 57.2 Å². The highest BCUT2D eigenvalue weighted by Gasteiger charge is 2.36. The molecule has 0 aliphatic carbocycles. The molecule has 5 heteroatoms. The summed E-state index contributed by atoms with van der Waals surface area (Å²) >= 11 is 0. The van der Waals surface area contributed by atoms with Gasteiger partial charge in [-0.3, -0.25) is 0 Å². The van der Waals surface area contributed by atoms with Crippen LogP contribution in [0, 0.1) is 0 Å². The van der Waals surface area contributed by atoms with E-state index >= 15 is 4.57 Å². The minimum absolute atomic E-state index is 0.412. The van der Waals surface area contributed by atoms with Gasteiger partial charge in [-0.25, -0.2) is 0 Å². The molecule has 0 saturated heterocycles. The van der Waals surface area contributed by atoms with Gasteiger partial charge in [0.15, 0.2) is 0 Å². The van der Waals surface area contributed by atoms with E-state index in [1.54, 1.807) is 0 Å². The molecule has 0 heterocycles. The van der Waals surface area contributed by atoms with E-state index in [9.17, 15) is 0 Å². The molecule has 0 aliphatic heterocycles. The summed E-state index contributed by atoms with van der Waals surface area (Å²) in [4.78, 5) is 0. The second kappa shape index (κ2) is 14.6. The van der Waals surface area contributed by atoms with Crippen LogP contribution in [0.1, 0.15) is 37.5 Å². The van der Waals surface area contributed by atoms with Gasteiger partial charge < -0.3 is 13.6 Å². The summed E-state index contributed by atoms with van der Waals surface area (Å²) in [6.07, 6.45) is 2.51. The number of phosphoric acid groups is 1. The zero-order valence-electron chi connectivity index (χ0n) is 27.1. The predicted molar refractivity (Wildman–Crippen MR) is 193 cm³/mol. The maximum Gasteiger partial charge on any atom is 0.647 e. The highest BCUT2D eigenvalue weighted by atomic mass is 31.2. The fourth-order valence-electron chi connectivity index (χ4n) is 6.00. The van der Waals surface area contributed by atoms with Crippen LogP contribution in [0.2, 0.25) is 0 Å². The third-order valence-corrected chi connectivity index (χ3v) is 9.62. The summed E-state index contributed by atoms with van der Waals surface area (Å²) in [6, 6.07) is 47.4. The molecule has 6 aromatic rings. The Morgan fingerprint density at radius 1 is 0.362 bits per heavy atom. The van der Waals surface area contributed by atoms with Gasteiger partial charge >= 0.3 is 7.82 Å². The van der Waals surface area contributed by atoms with Crippen LogP contribution >= 0.6 is 7.82 Å². The Morgan fingerprint density at radius 2 is 0.596 bits per heavy atom. The average molecular weight is 639 g/mol. The first-order valence-corrected chi connectivity index (χ1v) is 17.7. The van der Waals surface area contributed by atoms with Gasteiger partial charge in [0.05, 0.1) is 0 Å². The molecule has 236 valence electrons. The second-order valence-electron chi connectivity index (χ2n) is 11.2. The molecule has 0 bridgehead atoms. The molecule has 0 atom stereocenters. The van der Waals surface area contributed by atoms with Gasteiger partial charge in [-0.2, -0.15) is 4.57 Å². The molecule has 47 heavy (non-hydrogen) atoms. The van der Waals surface area contributed by atoms with Gasteiger partial charge in [-0.05, 0) is 70.8 Å². The van der Waals surface area contributed by atoms with Crippen molar-refractivity contribution in [2.45, 2.75) is 40.0 Å². The van der Waals surface area contributed by atoms with E-state index in [1.807, 2.05) is 109 Å². The molecule has 6 rings (SSSR count). The molecule has 0 radical (unpaired) electrons. The summed E-state index contributed by atoms with van der Waals surface area (Å²) in [6.45, 7) is 6.36. The number of rotatable bonds is 12. The smallest absolute Gasteiger partial charge is 0.385 e. The first kappa shape index (κ1) is 31.9. The minimum atomic E-state index is -4.40. The van der Waals surface area contributed by atoms with Crippen molar-refractivity contribution in [1.82, 2.24) is 0 Å². The van der Waals surface area contributed by atoms with Crippen LogP contribution in [-0.4, -0.2) is 0 Å². The third kappa shape index (κ3) is 7.04. The van der Waals surface area contributed by atoms with Crippen molar-refractivity contribution < 1.29 is 18.1 Å². The highest BCUT2D eigenvalue weighted by Crippen LogP contribution is 2.54. The molecule has 0 fully saturated rings. The van der Waals surface area contributed by atoms with Crippen molar-refractivity contribution >= 4 is 7.82 Å². The summed E-state index contributed by atoms with van der Waals surface area (Å²) in [7, 11) is -4.40. The molecule has 6 aromatic carbocycles. The lowest BCUT2D eigenvalue weighted by molar-refractivity contribution is 0.299. The number of para-hydroxylation sites is 3. The topological polar surface area (TPSA) is 44.8 Å². The normalized spacial score (nSPS) is 11.2. The molecular weight excluding hydrogens is 599 g/mol. The quantitative estimate of drug-likeness (QED) is 0.125. The SMILES string of the molecule is CCc1ccccc1-c1ccccc1OP(=O)(Oc1ccccc1-c1ccccc1CC)Oc1ccccc1-c1ccccc1CC. The van der Waals surface area contributed by atoms with Crippen LogP contribution < -0.4 is 13.6 Å². The lowest BCUT2D eigenvalue weighted by atomic mass is 9.97. The van der Waals surface area contributed by atoms with Gasteiger partial charge in [0.25, 0.3) is 0 Å². The average Bonchev–Trinajstić information content (AvgIpc) is 3.12. The molecular formula is C42H39O4P. The van der Waals surface area contributed by atoms with Crippen molar-refractivity contribution in [3.8, 4) is 50.6 Å². The fraction of sp³-hybridized carbons (Fsp3) is 0.143. The van der Waals surface area contributed by atoms with Crippen LogP contribution in [0.3, 0.4) is 0 Å². The Kier molecular flexibility index (Phi) is 9.90. The highest BCUT2D eigenvalue weighted by molar-refractivity contribution is 7.49. The zero-order chi connectivity index (χ0) is 32.6. The lowest BCUT2D eigenvalue weighted by Crippen LogP contribution is -2.09. The summed E-state index contributed by atoms with van der Waals surface area (Å²) in [5, 5.41) is 0. The van der Waals surface area contributed by atoms with Crippen molar-refractivity contribution in [3.63, 3.8) is 0 Å². The van der Waals surface area contributed by atoms with Gasteiger partial charge in [0, 0.05) is 16.7 Å². The van der Waals surface area contributed by atoms with E-state index in [-0.39, 0.29) is 0 Å². The molecule has 0 N–H and O–H groups in total. The Labute approximate surface area is 278 Å². The van der Waals surface area contributed by atoms with E-state index in [4.69, 9.17) is 13.6 Å². The summed E-state index contributed by atoms with van der Waals surface area (Å²) in [5.41, 5.74) is 8.92. The maximum absolute atomic E-state index is 15.3. The standard InChI is InChI=1S/C42H39O4P/c1-4-31-19-7-10-22-34(31)37-25-13-16-28-40(37)44-47(43,45-41-29-17-14-26-38(41)35-23-11-8-20-32(35)5-2)46-42-30-18-15-27-39(42)36-24-12-9-21-33(36)6-3/h7-30H,4-6H2,1-3H3. The van der Waals surface area contributed by atoms with Crippen molar-refractivity contribution in [2.75, 3.05) is 0 Å². The van der Waals surface area contributed by atoms with Crippen LogP contribution in [0.15, 0.2) is 146 Å². The molecule has 0 spiro atoms. The van der Waals surface area contributed by atoms with Crippen LogP contribution in [-0.2, 0) is 23.8 Å². The molecule has 0 aliphatic rings. The number of benzene rings is 6. The lowest BCUT2D eigenvalue weighted by Gasteiger charge is -2.24. The van der Waals surface area contributed by atoms with Crippen LogP contribution in [0.25, 0.3) is 33.4 Å². The zero-order valence-corrected chi connectivity index (χ0v) is 28.0. The Bertz CT molecular complexity index is 1800. The van der Waals surface area contributed by atoms with E-state index in [0.29, 0.717) is 17.2 Å². The monoisotopic (exact) mass is 638 g/mol. The van der Waals surface area contributed by atoms with E-state index in [1.165, 1.54) is 0 Å². The van der Waals surface area contributed by atoms with Crippen LogP contribution in [0.4, 0.5) is 0 Å². The van der Waals surface area contributed by atoms with Crippen molar-refractivity contribution in [3.05, 3.63) is 162 Å². The Morgan fingerprint density at radius 3 is 0.872 bits per heavy atom. The summed E-state index contributed by atoms with van der Waals surface area (Å²) in [5.74, 6) is 1.24.